The predicted octanol–water partition coefficient (Wildman–Crippen LogP) is 4.95. The van der Waals surface area contributed by atoms with E-state index in [1.807, 2.05) is 57.2 Å². The third-order valence-electron chi connectivity index (χ3n) is 4.85. The Morgan fingerprint density at radius 2 is 1.78 bits per heavy atom. The Kier molecular flexibility index (Phi) is 5.54. The Morgan fingerprint density at radius 3 is 2.30 bits per heavy atom. The normalized spacial score (nSPS) is 22.5. The van der Waals surface area contributed by atoms with Gasteiger partial charge in [-0.1, -0.05) is 41.4 Å². The number of carbonyl (C=O) groups is 2. The Hall–Kier alpha value is -1.98. The van der Waals surface area contributed by atoms with Crippen molar-refractivity contribution < 1.29 is 14.7 Å². The van der Waals surface area contributed by atoms with Gasteiger partial charge in [0.2, 0.25) is 5.91 Å². The minimum absolute atomic E-state index is 0.0493. The smallest absolute Gasteiger partial charge is 0.323 e. The molecular weight excluding hydrogens is 382 g/mol. The van der Waals surface area contributed by atoms with E-state index in [0.717, 1.165) is 16.0 Å². The molecule has 142 valence electrons. The fraction of sp³-hybridized carbons (Fsp3) is 0.333. The van der Waals surface area contributed by atoms with Gasteiger partial charge in [-0.3, -0.25) is 9.59 Å². The molecule has 0 aromatic heterocycles. The third kappa shape index (κ3) is 3.71. The summed E-state index contributed by atoms with van der Waals surface area (Å²) in [5, 5.41) is 10.8. The minimum atomic E-state index is -1.30. The van der Waals surface area contributed by atoms with Crippen molar-refractivity contribution in [2.45, 2.75) is 48.9 Å². The van der Waals surface area contributed by atoms with E-state index in [0.29, 0.717) is 5.02 Å². The molecular formula is C21H22ClNO3S. The van der Waals surface area contributed by atoms with Gasteiger partial charge >= 0.3 is 5.97 Å². The summed E-state index contributed by atoms with van der Waals surface area (Å²) in [6, 6.07) is 14.1. The SMILES string of the molecule is Cc1ccc(S[C@]2(C(=O)O)CC(=O)N(C(C)C)[C@@H]2c2ccc(Cl)cc2)cc1. The molecule has 27 heavy (non-hydrogen) atoms. The summed E-state index contributed by atoms with van der Waals surface area (Å²) in [6.07, 6.45) is -0.0493. The van der Waals surface area contributed by atoms with Crippen molar-refractivity contribution in [1.82, 2.24) is 4.90 Å². The highest BCUT2D eigenvalue weighted by atomic mass is 35.5. The van der Waals surface area contributed by atoms with E-state index in [1.54, 1.807) is 17.0 Å². The maximum atomic E-state index is 12.9. The quantitative estimate of drug-likeness (QED) is 0.767. The second-order valence-electron chi connectivity index (χ2n) is 7.14. The molecule has 2 atom stereocenters. The lowest BCUT2D eigenvalue weighted by Gasteiger charge is -2.36. The van der Waals surface area contributed by atoms with Crippen LogP contribution in [0.2, 0.25) is 5.02 Å². The maximum absolute atomic E-state index is 12.9. The molecule has 0 spiro atoms. The third-order valence-corrected chi connectivity index (χ3v) is 6.51. The van der Waals surface area contributed by atoms with Gasteiger partial charge in [0.25, 0.3) is 0 Å². The van der Waals surface area contributed by atoms with Crippen molar-refractivity contribution in [2.24, 2.45) is 0 Å². The topological polar surface area (TPSA) is 57.6 Å². The van der Waals surface area contributed by atoms with E-state index in [2.05, 4.69) is 0 Å². The van der Waals surface area contributed by atoms with E-state index >= 15 is 0 Å². The largest absolute Gasteiger partial charge is 0.480 e. The predicted molar refractivity (Wildman–Crippen MR) is 108 cm³/mol. The molecule has 0 unspecified atom stereocenters. The number of benzene rings is 2. The van der Waals surface area contributed by atoms with Gasteiger partial charge in [-0.2, -0.15) is 0 Å². The van der Waals surface area contributed by atoms with Crippen LogP contribution in [-0.4, -0.2) is 32.7 Å². The standard InChI is InChI=1S/C21H22ClNO3S/c1-13(2)23-18(24)12-21(20(25)26,27-17-10-4-14(3)5-11-17)19(23)15-6-8-16(22)9-7-15/h4-11,13,19H,12H2,1-3H3,(H,25,26)/t19-,21-/m1/s1. The lowest BCUT2D eigenvalue weighted by Crippen LogP contribution is -2.43. The summed E-state index contributed by atoms with van der Waals surface area (Å²) >= 11 is 7.27. The number of halogens is 1. The number of thioether (sulfide) groups is 1. The van der Waals surface area contributed by atoms with Crippen LogP contribution < -0.4 is 0 Å². The fourth-order valence-electron chi connectivity index (χ4n) is 3.59. The van der Waals surface area contributed by atoms with Crippen LogP contribution >= 0.6 is 23.4 Å². The summed E-state index contributed by atoms with van der Waals surface area (Å²) in [7, 11) is 0. The Bertz CT molecular complexity index is 851. The van der Waals surface area contributed by atoms with Gasteiger partial charge in [0, 0.05) is 16.0 Å². The lowest BCUT2D eigenvalue weighted by molar-refractivity contribution is -0.140. The number of hydrogen-bond donors (Lipinski definition) is 1. The van der Waals surface area contributed by atoms with Crippen LogP contribution in [0.15, 0.2) is 53.4 Å². The molecule has 1 fully saturated rings. The van der Waals surface area contributed by atoms with Gasteiger partial charge in [0.05, 0.1) is 12.5 Å². The molecule has 0 radical (unpaired) electrons. The zero-order chi connectivity index (χ0) is 19.8. The molecule has 1 amide bonds. The molecule has 1 N–H and O–H groups in total. The highest BCUT2D eigenvalue weighted by molar-refractivity contribution is 8.01. The molecule has 2 aromatic carbocycles. The summed E-state index contributed by atoms with van der Waals surface area (Å²) in [5.41, 5.74) is 1.88. The molecule has 6 heteroatoms. The molecule has 4 nitrogen and oxygen atoms in total. The van der Waals surface area contributed by atoms with Crippen LogP contribution in [-0.2, 0) is 9.59 Å². The van der Waals surface area contributed by atoms with E-state index in [1.165, 1.54) is 11.8 Å². The number of amides is 1. The zero-order valence-corrected chi connectivity index (χ0v) is 17.1. The van der Waals surface area contributed by atoms with Gasteiger partial charge in [-0.05, 0) is 50.6 Å². The van der Waals surface area contributed by atoms with Gasteiger partial charge in [0.15, 0.2) is 4.75 Å². The number of carboxylic acids is 1. The number of carbonyl (C=O) groups excluding carboxylic acids is 1. The summed E-state index contributed by atoms with van der Waals surface area (Å²) < 4.78 is -1.30. The molecule has 0 saturated carbocycles. The van der Waals surface area contributed by atoms with Gasteiger partial charge < -0.3 is 10.0 Å². The number of rotatable bonds is 5. The fourth-order valence-corrected chi connectivity index (χ4v) is 5.05. The van der Waals surface area contributed by atoms with Crippen molar-refractivity contribution in [3.63, 3.8) is 0 Å². The number of hydrogen-bond acceptors (Lipinski definition) is 3. The molecule has 0 bridgehead atoms. The Balaban J connectivity index is 2.13. The highest BCUT2D eigenvalue weighted by Gasteiger charge is 2.59. The lowest BCUT2D eigenvalue weighted by atomic mass is 9.92. The van der Waals surface area contributed by atoms with Crippen LogP contribution in [0.1, 0.15) is 37.4 Å². The average molecular weight is 404 g/mol. The van der Waals surface area contributed by atoms with E-state index in [9.17, 15) is 14.7 Å². The first-order valence-electron chi connectivity index (χ1n) is 8.80. The Morgan fingerprint density at radius 1 is 1.19 bits per heavy atom. The molecule has 1 saturated heterocycles. The molecule has 1 heterocycles. The van der Waals surface area contributed by atoms with E-state index < -0.39 is 16.8 Å². The van der Waals surface area contributed by atoms with Crippen molar-refractivity contribution in [3.8, 4) is 0 Å². The first kappa shape index (κ1) is 19.8. The minimum Gasteiger partial charge on any atom is -0.480 e. The first-order chi connectivity index (χ1) is 12.7. The Labute approximate surface area is 168 Å². The van der Waals surface area contributed by atoms with Crippen LogP contribution in [0.4, 0.5) is 0 Å². The zero-order valence-electron chi connectivity index (χ0n) is 15.5. The van der Waals surface area contributed by atoms with Crippen LogP contribution in [0.25, 0.3) is 0 Å². The number of carboxylic acid groups (broad SMARTS) is 1. The molecule has 1 aliphatic rings. The molecule has 1 aliphatic heterocycles. The van der Waals surface area contributed by atoms with Crippen molar-refractivity contribution in [3.05, 3.63) is 64.7 Å². The second kappa shape index (κ2) is 7.56. The molecule has 0 aliphatic carbocycles. The van der Waals surface area contributed by atoms with Gasteiger partial charge in [-0.15, -0.1) is 11.8 Å². The second-order valence-corrected chi connectivity index (χ2v) is 8.98. The summed E-state index contributed by atoms with van der Waals surface area (Å²) in [6.45, 7) is 5.81. The summed E-state index contributed by atoms with van der Waals surface area (Å²) in [5.74, 6) is -1.13. The number of likely N-dealkylation sites (tertiary alicyclic amines) is 1. The van der Waals surface area contributed by atoms with E-state index in [-0.39, 0.29) is 18.4 Å². The van der Waals surface area contributed by atoms with E-state index in [4.69, 9.17) is 11.6 Å². The van der Waals surface area contributed by atoms with Crippen LogP contribution in [0.3, 0.4) is 0 Å². The first-order valence-corrected chi connectivity index (χ1v) is 10.00. The number of nitrogens with zero attached hydrogens (tertiary/aromatic N) is 1. The van der Waals surface area contributed by atoms with Crippen molar-refractivity contribution in [1.29, 1.82) is 0 Å². The summed E-state index contributed by atoms with van der Waals surface area (Å²) in [4.78, 5) is 27.9. The highest BCUT2D eigenvalue weighted by Crippen LogP contribution is 2.53. The number of aliphatic carboxylic acids is 1. The monoisotopic (exact) mass is 403 g/mol. The average Bonchev–Trinajstić information content (AvgIpc) is 2.91. The number of aryl methyl sites for hydroxylation is 1. The van der Waals surface area contributed by atoms with Gasteiger partial charge in [0.1, 0.15) is 0 Å². The maximum Gasteiger partial charge on any atom is 0.323 e. The van der Waals surface area contributed by atoms with Gasteiger partial charge in [-0.25, -0.2) is 0 Å². The van der Waals surface area contributed by atoms with Crippen LogP contribution in [0, 0.1) is 6.92 Å². The molecule has 2 aromatic rings. The van der Waals surface area contributed by atoms with Crippen LogP contribution in [0.5, 0.6) is 0 Å². The van der Waals surface area contributed by atoms with Crippen molar-refractivity contribution >= 4 is 35.2 Å². The molecule has 3 rings (SSSR count). The van der Waals surface area contributed by atoms with Crippen molar-refractivity contribution in [2.75, 3.05) is 0 Å².